The third kappa shape index (κ3) is 3.47. The molecule has 0 aliphatic carbocycles. The lowest BCUT2D eigenvalue weighted by molar-refractivity contribution is 0.228. The molecule has 84 valence electrons. The fourth-order valence-electron chi connectivity index (χ4n) is 1.32. The molecule has 1 aromatic rings. The predicted octanol–water partition coefficient (Wildman–Crippen LogP) is 2.88. The molecule has 0 aliphatic rings. The van der Waals surface area contributed by atoms with Crippen LogP contribution in [-0.2, 0) is 6.42 Å². The van der Waals surface area contributed by atoms with E-state index in [1.807, 2.05) is 19.9 Å². The second kappa shape index (κ2) is 5.47. The topological polar surface area (TPSA) is 35.2 Å². The molecule has 0 unspecified atom stereocenters. The molecular weight excluding hydrogens is 261 g/mol. The zero-order valence-electron chi connectivity index (χ0n) is 8.89. The fraction of sp³-hybridized carbons (Fsp3) is 0.455. The van der Waals surface area contributed by atoms with Gasteiger partial charge in [0.1, 0.15) is 0 Å². The molecule has 0 spiro atoms. The summed E-state index contributed by atoms with van der Waals surface area (Å²) in [6, 6.07) is 3.24. The molecule has 0 saturated carbocycles. The Hall–Kier alpha value is -0.610. The number of ether oxygens (including phenoxy) is 1. The van der Waals surface area contributed by atoms with Gasteiger partial charge in [0.05, 0.1) is 6.10 Å². The molecule has 2 N–H and O–H groups in total. The van der Waals surface area contributed by atoms with Crippen LogP contribution in [0.25, 0.3) is 0 Å². The summed E-state index contributed by atoms with van der Waals surface area (Å²) in [7, 11) is 0. The molecule has 15 heavy (non-hydrogen) atoms. The van der Waals surface area contributed by atoms with Crippen LogP contribution in [0.5, 0.6) is 5.75 Å². The quantitative estimate of drug-likeness (QED) is 0.917. The third-order valence-electron chi connectivity index (χ3n) is 1.85. The van der Waals surface area contributed by atoms with Crippen molar-refractivity contribution in [2.75, 3.05) is 6.54 Å². The summed E-state index contributed by atoms with van der Waals surface area (Å²) < 4.78 is 19.7. The molecule has 0 saturated heterocycles. The predicted molar refractivity (Wildman–Crippen MR) is 62.6 cm³/mol. The highest BCUT2D eigenvalue weighted by atomic mass is 79.9. The molecule has 0 radical (unpaired) electrons. The van der Waals surface area contributed by atoms with Crippen LogP contribution in [0.1, 0.15) is 19.4 Å². The Morgan fingerprint density at radius 2 is 2.13 bits per heavy atom. The maximum atomic E-state index is 13.6. The monoisotopic (exact) mass is 275 g/mol. The van der Waals surface area contributed by atoms with E-state index in [0.717, 1.165) is 5.56 Å². The summed E-state index contributed by atoms with van der Waals surface area (Å²) in [5.74, 6) is -0.0276. The van der Waals surface area contributed by atoms with E-state index in [4.69, 9.17) is 10.5 Å². The van der Waals surface area contributed by atoms with Gasteiger partial charge in [0.2, 0.25) is 0 Å². The highest BCUT2D eigenvalue weighted by Crippen LogP contribution is 2.28. The average Bonchev–Trinajstić information content (AvgIpc) is 2.11. The van der Waals surface area contributed by atoms with Crippen LogP contribution in [0, 0.1) is 5.82 Å². The lowest BCUT2D eigenvalue weighted by Crippen LogP contribution is -2.11. The first-order chi connectivity index (χ1) is 7.04. The van der Waals surface area contributed by atoms with Crippen molar-refractivity contribution in [1.29, 1.82) is 0 Å². The molecule has 0 heterocycles. The van der Waals surface area contributed by atoms with Crippen molar-refractivity contribution < 1.29 is 9.13 Å². The Labute approximate surface area is 97.7 Å². The van der Waals surface area contributed by atoms with Crippen LogP contribution >= 0.6 is 15.9 Å². The van der Waals surface area contributed by atoms with E-state index >= 15 is 0 Å². The first-order valence-electron chi connectivity index (χ1n) is 4.89. The van der Waals surface area contributed by atoms with E-state index in [0.29, 0.717) is 23.2 Å². The lowest BCUT2D eigenvalue weighted by atomic mass is 10.1. The van der Waals surface area contributed by atoms with Crippen molar-refractivity contribution in [2.45, 2.75) is 26.4 Å². The van der Waals surface area contributed by atoms with Gasteiger partial charge in [-0.2, -0.15) is 0 Å². The van der Waals surface area contributed by atoms with Gasteiger partial charge in [-0.25, -0.2) is 4.39 Å². The number of hydrogen-bond donors (Lipinski definition) is 1. The zero-order chi connectivity index (χ0) is 11.4. The smallest absolute Gasteiger partial charge is 0.166 e. The number of rotatable bonds is 4. The highest BCUT2D eigenvalue weighted by Gasteiger charge is 2.12. The van der Waals surface area contributed by atoms with E-state index < -0.39 is 0 Å². The van der Waals surface area contributed by atoms with Gasteiger partial charge in [-0.15, -0.1) is 0 Å². The summed E-state index contributed by atoms with van der Waals surface area (Å²) in [5, 5.41) is 0. The van der Waals surface area contributed by atoms with Crippen molar-refractivity contribution >= 4 is 15.9 Å². The van der Waals surface area contributed by atoms with E-state index in [1.54, 1.807) is 0 Å². The van der Waals surface area contributed by atoms with Gasteiger partial charge in [-0.3, -0.25) is 0 Å². The molecule has 0 aliphatic heterocycles. The average molecular weight is 276 g/mol. The highest BCUT2D eigenvalue weighted by molar-refractivity contribution is 9.10. The first-order valence-corrected chi connectivity index (χ1v) is 5.68. The van der Waals surface area contributed by atoms with Gasteiger partial charge in [0.15, 0.2) is 11.6 Å². The molecule has 0 amide bonds. The van der Waals surface area contributed by atoms with Crippen molar-refractivity contribution in [1.82, 2.24) is 0 Å². The van der Waals surface area contributed by atoms with Gasteiger partial charge in [-0.05, 0) is 44.5 Å². The standard InChI is InChI=1S/C11H15BrFNO/c1-7(2)15-11-8(3-4-14)5-9(12)6-10(11)13/h5-7H,3-4,14H2,1-2H3. The van der Waals surface area contributed by atoms with E-state index in [1.165, 1.54) is 6.07 Å². The van der Waals surface area contributed by atoms with E-state index in [-0.39, 0.29) is 11.9 Å². The van der Waals surface area contributed by atoms with Gasteiger partial charge in [0, 0.05) is 4.47 Å². The van der Waals surface area contributed by atoms with Crippen LogP contribution < -0.4 is 10.5 Å². The van der Waals surface area contributed by atoms with Crippen molar-refractivity contribution in [3.05, 3.63) is 28.0 Å². The van der Waals surface area contributed by atoms with E-state index in [9.17, 15) is 4.39 Å². The Kier molecular flexibility index (Phi) is 4.54. The maximum absolute atomic E-state index is 13.6. The normalized spacial score (nSPS) is 10.8. The Balaban J connectivity index is 3.08. The largest absolute Gasteiger partial charge is 0.488 e. The summed E-state index contributed by atoms with van der Waals surface area (Å²) in [5.41, 5.74) is 6.27. The number of halogens is 2. The molecule has 0 aromatic heterocycles. The molecule has 0 bridgehead atoms. The number of hydrogen-bond acceptors (Lipinski definition) is 2. The van der Waals surface area contributed by atoms with Crippen LogP contribution in [0.4, 0.5) is 4.39 Å². The van der Waals surface area contributed by atoms with Gasteiger partial charge in [0.25, 0.3) is 0 Å². The summed E-state index contributed by atoms with van der Waals surface area (Å²) in [4.78, 5) is 0. The second-order valence-electron chi connectivity index (χ2n) is 3.58. The first kappa shape index (κ1) is 12.5. The zero-order valence-corrected chi connectivity index (χ0v) is 10.5. The Morgan fingerprint density at radius 1 is 1.47 bits per heavy atom. The molecule has 0 atom stereocenters. The SMILES string of the molecule is CC(C)Oc1c(F)cc(Br)cc1CCN. The minimum absolute atomic E-state index is 0.0443. The molecule has 1 aromatic carbocycles. The summed E-state index contributed by atoms with van der Waals surface area (Å²) >= 11 is 3.25. The molecular formula is C11H15BrFNO. The second-order valence-corrected chi connectivity index (χ2v) is 4.50. The maximum Gasteiger partial charge on any atom is 0.166 e. The van der Waals surface area contributed by atoms with E-state index in [2.05, 4.69) is 15.9 Å². The molecule has 1 rings (SSSR count). The fourth-order valence-corrected chi connectivity index (χ4v) is 1.80. The summed E-state index contributed by atoms with van der Waals surface area (Å²) in [6.07, 6.45) is 0.565. The van der Waals surface area contributed by atoms with Crippen molar-refractivity contribution in [2.24, 2.45) is 5.73 Å². The summed E-state index contributed by atoms with van der Waals surface area (Å²) in [6.45, 7) is 4.21. The lowest BCUT2D eigenvalue weighted by Gasteiger charge is -2.15. The minimum atomic E-state index is -0.346. The van der Waals surface area contributed by atoms with Gasteiger partial charge in [-0.1, -0.05) is 15.9 Å². The molecule has 4 heteroatoms. The van der Waals surface area contributed by atoms with Crippen molar-refractivity contribution in [3.63, 3.8) is 0 Å². The molecule has 0 fully saturated rings. The Morgan fingerprint density at radius 3 is 2.67 bits per heavy atom. The van der Waals surface area contributed by atoms with Crippen LogP contribution in [-0.4, -0.2) is 12.6 Å². The minimum Gasteiger partial charge on any atom is -0.488 e. The number of benzene rings is 1. The Bertz CT molecular complexity index is 342. The van der Waals surface area contributed by atoms with Crippen molar-refractivity contribution in [3.8, 4) is 5.75 Å². The number of nitrogens with two attached hydrogens (primary N) is 1. The molecule has 2 nitrogen and oxygen atoms in total. The van der Waals surface area contributed by atoms with Crippen LogP contribution in [0.2, 0.25) is 0 Å². The van der Waals surface area contributed by atoms with Crippen LogP contribution in [0.15, 0.2) is 16.6 Å². The van der Waals surface area contributed by atoms with Gasteiger partial charge >= 0.3 is 0 Å². The van der Waals surface area contributed by atoms with Crippen LogP contribution in [0.3, 0.4) is 0 Å². The van der Waals surface area contributed by atoms with Gasteiger partial charge < -0.3 is 10.5 Å². The third-order valence-corrected chi connectivity index (χ3v) is 2.31.